The number of ether oxygens (including phenoxy) is 1. The van der Waals surface area contributed by atoms with E-state index in [1.165, 1.54) is 0 Å². The zero-order chi connectivity index (χ0) is 14.9. The minimum Gasteiger partial charge on any atom is -0.475 e. The molecule has 1 aliphatic carbocycles. The highest BCUT2D eigenvalue weighted by Crippen LogP contribution is 2.27. The molecule has 2 rings (SSSR count). The van der Waals surface area contributed by atoms with Crippen LogP contribution in [0.15, 0.2) is 28.4 Å². The third-order valence-electron chi connectivity index (χ3n) is 3.53. The summed E-state index contributed by atoms with van der Waals surface area (Å²) in [4.78, 5) is 4.58. The molecule has 0 aromatic heterocycles. The molecule has 6 heteroatoms. The van der Waals surface area contributed by atoms with Gasteiger partial charge in [0.25, 0.3) is 0 Å². The van der Waals surface area contributed by atoms with Crippen LogP contribution < -0.4 is 4.72 Å². The van der Waals surface area contributed by atoms with Crippen LogP contribution in [0, 0.1) is 11.8 Å². The quantitative estimate of drug-likeness (QED) is 0.861. The summed E-state index contributed by atoms with van der Waals surface area (Å²) in [5, 5.41) is 0. The molecule has 2 aliphatic rings. The van der Waals surface area contributed by atoms with Gasteiger partial charge >= 0.3 is 0 Å². The normalized spacial score (nSPS) is 26.8. The van der Waals surface area contributed by atoms with Crippen molar-refractivity contribution in [2.75, 3.05) is 12.9 Å². The molecule has 0 saturated carbocycles. The highest BCUT2D eigenvalue weighted by Gasteiger charge is 2.28. The number of allylic oxidation sites excluding steroid dienone is 2. The van der Waals surface area contributed by atoms with Gasteiger partial charge in [0.05, 0.1) is 17.9 Å². The molecule has 1 heterocycles. The molecular formula is C14H22N2O3S. The van der Waals surface area contributed by atoms with Gasteiger partial charge in [-0.1, -0.05) is 32.9 Å². The Morgan fingerprint density at radius 1 is 1.45 bits per heavy atom. The first-order chi connectivity index (χ1) is 9.28. The molecular weight excluding hydrogens is 276 g/mol. The second-order valence-corrected chi connectivity index (χ2v) is 7.55. The number of sulfonamides is 1. The molecule has 0 aromatic rings. The lowest BCUT2D eigenvalue weighted by Gasteiger charge is -2.22. The van der Waals surface area contributed by atoms with Gasteiger partial charge in [-0.05, 0) is 12.3 Å². The van der Waals surface area contributed by atoms with Crippen molar-refractivity contribution >= 4 is 15.9 Å². The number of hydrogen-bond acceptors (Lipinski definition) is 4. The van der Waals surface area contributed by atoms with Gasteiger partial charge in [-0.25, -0.2) is 13.4 Å². The summed E-state index contributed by atoms with van der Waals surface area (Å²) in [6.07, 6.45) is 5.90. The standard InChI is InChI=1S/C14H22N2O3S/c1-9(2)12-8-19-14(15-12)11-7-5-6-10(3)13(11)16-20(4,17)18/h5,7,9-10,12,16H,6,8H2,1-4H3. The van der Waals surface area contributed by atoms with Crippen LogP contribution in [-0.4, -0.2) is 33.2 Å². The highest BCUT2D eigenvalue weighted by atomic mass is 32.2. The van der Waals surface area contributed by atoms with Crippen molar-refractivity contribution in [2.45, 2.75) is 33.2 Å². The predicted octanol–water partition coefficient (Wildman–Crippen LogP) is 1.84. The van der Waals surface area contributed by atoms with Gasteiger partial charge in [-0.2, -0.15) is 0 Å². The molecule has 20 heavy (non-hydrogen) atoms. The van der Waals surface area contributed by atoms with E-state index in [-0.39, 0.29) is 12.0 Å². The lowest BCUT2D eigenvalue weighted by atomic mass is 9.94. The molecule has 112 valence electrons. The molecule has 0 amide bonds. The van der Waals surface area contributed by atoms with E-state index in [4.69, 9.17) is 4.74 Å². The lowest BCUT2D eigenvalue weighted by Crippen LogP contribution is -2.29. The molecule has 1 aliphatic heterocycles. The van der Waals surface area contributed by atoms with Crippen molar-refractivity contribution < 1.29 is 13.2 Å². The molecule has 2 atom stereocenters. The van der Waals surface area contributed by atoms with E-state index in [0.717, 1.165) is 18.2 Å². The Hall–Kier alpha value is -1.30. The first-order valence-corrected chi connectivity index (χ1v) is 8.76. The zero-order valence-electron chi connectivity index (χ0n) is 12.4. The molecule has 0 radical (unpaired) electrons. The van der Waals surface area contributed by atoms with E-state index in [2.05, 4.69) is 23.6 Å². The van der Waals surface area contributed by atoms with Crippen molar-refractivity contribution in [3.63, 3.8) is 0 Å². The number of nitrogens with zero attached hydrogens (tertiary/aromatic N) is 1. The van der Waals surface area contributed by atoms with E-state index in [9.17, 15) is 8.42 Å². The number of aliphatic imine (C=N–C) groups is 1. The van der Waals surface area contributed by atoms with Gasteiger partial charge in [-0.3, -0.25) is 4.72 Å². The van der Waals surface area contributed by atoms with Crippen LogP contribution in [0.4, 0.5) is 0 Å². The summed E-state index contributed by atoms with van der Waals surface area (Å²) in [5.74, 6) is 1.07. The fourth-order valence-electron chi connectivity index (χ4n) is 2.28. The smallest absolute Gasteiger partial charge is 0.229 e. The summed E-state index contributed by atoms with van der Waals surface area (Å²) in [5.41, 5.74) is 1.44. The summed E-state index contributed by atoms with van der Waals surface area (Å²) < 4.78 is 31.3. The second kappa shape index (κ2) is 5.60. The van der Waals surface area contributed by atoms with E-state index in [0.29, 0.717) is 24.1 Å². The number of hydrogen-bond donors (Lipinski definition) is 1. The van der Waals surface area contributed by atoms with Crippen molar-refractivity contribution in [2.24, 2.45) is 16.8 Å². The van der Waals surface area contributed by atoms with Crippen LogP contribution >= 0.6 is 0 Å². The highest BCUT2D eigenvalue weighted by molar-refractivity contribution is 7.88. The Morgan fingerprint density at radius 3 is 2.70 bits per heavy atom. The van der Waals surface area contributed by atoms with Crippen molar-refractivity contribution in [3.05, 3.63) is 23.4 Å². The Bertz CT molecular complexity index is 573. The average molecular weight is 298 g/mol. The van der Waals surface area contributed by atoms with Crippen molar-refractivity contribution in [1.82, 2.24) is 4.72 Å². The third-order valence-corrected chi connectivity index (χ3v) is 4.12. The Labute approximate surface area is 120 Å². The Balaban J connectivity index is 2.37. The van der Waals surface area contributed by atoms with Gasteiger partial charge in [-0.15, -0.1) is 0 Å². The van der Waals surface area contributed by atoms with Gasteiger partial charge in [0.1, 0.15) is 6.61 Å². The van der Waals surface area contributed by atoms with E-state index in [1.54, 1.807) is 0 Å². The van der Waals surface area contributed by atoms with Gasteiger partial charge in [0.15, 0.2) is 0 Å². The molecule has 5 nitrogen and oxygen atoms in total. The first kappa shape index (κ1) is 15.1. The summed E-state index contributed by atoms with van der Waals surface area (Å²) >= 11 is 0. The minimum absolute atomic E-state index is 0.106. The van der Waals surface area contributed by atoms with Crippen LogP contribution in [0.1, 0.15) is 27.2 Å². The predicted molar refractivity (Wildman–Crippen MR) is 79.9 cm³/mol. The fraction of sp³-hybridized carbons (Fsp3) is 0.643. The second-order valence-electron chi connectivity index (χ2n) is 5.80. The molecule has 2 unspecified atom stereocenters. The Kier molecular flexibility index (Phi) is 4.22. The lowest BCUT2D eigenvalue weighted by molar-refractivity contribution is 0.291. The third kappa shape index (κ3) is 3.42. The van der Waals surface area contributed by atoms with Crippen molar-refractivity contribution in [1.29, 1.82) is 0 Å². The SMILES string of the molecule is CC1CC=CC(C2=NC(C(C)C)CO2)=C1NS(C)(=O)=O. The zero-order valence-corrected chi connectivity index (χ0v) is 13.2. The molecule has 0 aromatic carbocycles. The van der Waals surface area contributed by atoms with Crippen LogP contribution in [-0.2, 0) is 14.8 Å². The van der Waals surface area contributed by atoms with E-state index in [1.807, 2.05) is 19.1 Å². The average Bonchev–Trinajstić information content (AvgIpc) is 2.79. The fourth-order valence-corrected chi connectivity index (χ4v) is 2.99. The van der Waals surface area contributed by atoms with Crippen LogP contribution in [0.2, 0.25) is 0 Å². The first-order valence-electron chi connectivity index (χ1n) is 6.87. The monoisotopic (exact) mass is 298 g/mol. The van der Waals surface area contributed by atoms with Crippen LogP contribution in [0.3, 0.4) is 0 Å². The summed E-state index contributed by atoms with van der Waals surface area (Å²) in [7, 11) is -3.30. The summed E-state index contributed by atoms with van der Waals surface area (Å²) in [6.45, 7) is 6.75. The molecule has 0 fully saturated rings. The molecule has 0 saturated heterocycles. The van der Waals surface area contributed by atoms with E-state index < -0.39 is 10.0 Å². The maximum absolute atomic E-state index is 11.5. The van der Waals surface area contributed by atoms with Gasteiger partial charge in [0, 0.05) is 11.6 Å². The van der Waals surface area contributed by atoms with Crippen molar-refractivity contribution in [3.8, 4) is 0 Å². The topological polar surface area (TPSA) is 67.8 Å². The Morgan fingerprint density at radius 2 is 2.15 bits per heavy atom. The van der Waals surface area contributed by atoms with Crippen LogP contribution in [0.25, 0.3) is 0 Å². The number of rotatable bonds is 4. The number of nitrogens with one attached hydrogen (secondary N) is 1. The van der Waals surface area contributed by atoms with E-state index >= 15 is 0 Å². The minimum atomic E-state index is -3.30. The molecule has 0 bridgehead atoms. The summed E-state index contributed by atoms with van der Waals surface area (Å²) in [6, 6.07) is 0.141. The van der Waals surface area contributed by atoms with Gasteiger partial charge < -0.3 is 4.74 Å². The maximum atomic E-state index is 11.5. The van der Waals surface area contributed by atoms with Crippen LogP contribution in [0.5, 0.6) is 0 Å². The molecule has 0 spiro atoms. The maximum Gasteiger partial charge on any atom is 0.229 e. The largest absolute Gasteiger partial charge is 0.475 e. The van der Waals surface area contributed by atoms with Gasteiger partial charge in [0.2, 0.25) is 15.9 Å². The molecule has 1 N–H and O–H groups in total.